The van der Waals surface area contributed by atoms with Gasteiger partial charge in [-0.25, -0.2) is 4.98 Å². The quantitative estimate of drug-likeness (QED) is 0.665. The van der Waals surface area contributed by atoms with Gasteiger partial charge in [0, 0.05) is 0 Å². The van der Waals surface area contributed by atoms with E-state index in [-0.39, 0.29) is 5.56 Å². The van der Waals surface area contributed by atoms with Crippen molar-refractivity contribution in [2.24, 2.45) is 0 Å². The van der Waals surface area contributed by atoms with Crippen molar-refractivity contribution in [2.45, 2.75) is 13.8 Å². The second-order valence-corrected chi connectivity index (χ2v) is 4.73. The highest BCUT2D eigenvalue weighted by molar-refractivity contribution is 5.77. The average Bonchev–Trinajstić information content (AvgIpc) is 2.43. The van der Waals surface area contributed by atoms with E-state index in [1.807, 2.05) is 56.3 Å². The summed E-state index contributed by atoms with van der Waals surface area (Å²) in [5, 5.41) is 0.644. The van der Waals surface area contributed by atoms with Crippen LogP contribution in [0.4, 0.5) is 0 Å². The van der Waals surface area contributed by atoms with Crippen molar-refractivity contribution in [1.29, 1.82) is 0 Å². The standard InChI is InChI=1S/C16H14N2O/c1-11-7-8-12(2)15(9-11)18-10-17-14-6-4-3-5-13(14)16(18)19/h3-10H,1-2H3. The maximum atomic E-state index is 12.5. The number of nitrogens with zero attached hydrogens (tertiary/aromatic N) is 2. The molecule has 0 N–H and O–H groups in total. The molecule has 0 aliphatic rings. The van der Waals surface area contributed by atoms with Crippen LogP contribution in [0.5, 0.6) is 0 Å². The van der Waals surface area contributed by atoms with Gasteiger partial charge in [-0.2, -0.15) is 0 Å². The molecule has 0 unspecified atom stereocenters. The molecule has 0 fully saturated rings. The third-order valence-electron chi connectivity index (χ3n) is 3.29. The molecule has 94 valence electrons. The topological polar surface area (TPSA) is 34.9 Å². The Bertz CT molecular complexity index is 818. The van der Waals surface area contributed by atoms with Crippen LogP contribution < -0.4 is 5.56 Å². The van der Waals surface area contributed by atoms with Gasteiger partial charge in [0.2, 0.25) is 0 Å². The summed E-state index contributed by atoms with van der Waals surface area (Å²) in [7, 11) is 0. The fourth-order valence-electron chi connectivity index (χ4n) is 2.22. The zero-order chi connectivity index (χ0) is 13.4. The van der Waals surface area contributed by atoms with Crippen LogP contribution >= 0.6 is 0 Å². The highest BCUT2D eigenvalue weighted by atomic mass is 16.1. The third-order valence-corrected chi connectivity index (χ3v) is 3.29. The number of benzene rings is 2. The molecule has 0 atom stereocenters. The van der Waals surface area contributed by atoms with Crippen LogP contribution in [0.15, 0.2) is 53.6 Å². The largest absolute Gasteiger partial charge is 0.268 e. The molecule has 0 bridgehead atoms. The van der Waals surface area contributed by atoms with Crippen molar-refractivity contribution in [3.05, 3.63) is 70.3 Å². The predicted octanol–water partition coefficient (Wildman–Crippen LogP) is 3.00. The van der Waals surface area contributed by atoms with E-state index >= 15 is 0 Å². The summed E-state index contributed by atoms with van der Waals surface area (Å²) < 4.78 is 1.62. The predicted molar refractivity (Wildman–Crippen MR) is 76.8 cm³/mol. The van der Waals surface area contributed by atoms with E-state index in [0.29, 0.717) is 5.39 Å². The molecular weight excluding hydrogens is 236 g/mol. The van der Waals surface area contributed by atoms with Crippen LogP contribution in [-0.4, -0.2) is 9.55 Å². The van der Waals surface area contributed by atoms with Crippen LogP contribution in [0.1, 0.15) is 11.1 Å². The molecule has 3 aromatic rings. The Morgan fingerprint density at radius 3 is 2.68 bits per heavy atom. The first kappa shape index (κ1) is 11.7. The van der Waals surface area contributed by atoms with Gasteiger partial charge in [0.25, 0.3) is 5.56 Å². The van der Waals surface area contributed by atoms with Crippen molar-refractivity contribution < 1.29 is 0 Å². The van der Waals surface area contributed by atoms with Crippen LogP contribution in [0.25, 0.3) is 16.6 Å². The summed E-state index contributed by atoms with van der Waals surface area (Å²) in [6.07, 6.45) is 1.60. The van der Waals surface area contributed by atoms with Crippen molar-refractivity contribution in [3.63, 3.8) is 0 Å². The molecule has 1 aromatic heterocycles. The van der Waals surface area contributed by atoms with E-state index < -0.39 is 0 Å². The molecule has 3 rings (SSSR count). The van der Waals surface area contributed by atoms with E-state index in [2.05, 4.69) is 4.98 Å². The summed E-state index contributed by atoms with van der Waals surface area (Å²) in [6, 6.07) is 13.5. The second-order valence-electron chi connectivity index (χ2n) is 4.73. The van der Waals surface area contributed by atoms with Crippen LogP contribution in [-0.2, 0) is 0 Å². The summed E-state index contributed by atoms with van der Waals surface area (Å²) in [5.74, 6) is 0. The maximum absolute atomic E-state index is 12.5. The van der Waals surface area contributed by atoms with Gasteiger partial charge in [0.1, 0.15) is 6.33 Å². The molecule has 19 heavy (non-hydrogen) atoms. The van der Waals surface area contributed by atoms with Crippen molar-refractivity contribution >= 4 is 10.9 Å². The Labute approximate surface area is 111 Å². The first-order chi connectivity index (χ1) is 9.16. The normalized spacial score (nSPS) is 10.8. The molecule has 1 heterocycles. The fraction of sp³-hybridized carbons (Fsp3) is 0.125. The van der Waals surface area contributed by atoms with E-state index in [1.54, 1.807) is 10.9 Å². The average molecular weight is 250 g/mol. The molecule has 0 saturated heterocycles. The van der Waals surface area contributed by atoms with E-state index in [0.717, 1.165) is 22.3 Å². The zero-order valence-corrected chi connectivity index (χ0v) is 10.9. The van der Waals surface area contributed by atoms with Gasteiger partial charge in [-0.1, -0.05) is 24.3 Å². The number of para-hydroxylation sites is 1. The minimum Gasteiger partial charge on any atom is -0.268 e. The Kier molecular flexibility index (Phi) is 2.67. The van der Waals surface area contributed by atoms with E-state index in [4.69, 9.17) is 0 Å². The van der Waals surface area contributed by atoms with Gasteiger partial charge >= 0.3 is 0 Å². The molecular formula is C16H14N2O. The molecule has 0 aliphatic heterocycles. The minimum absolute atomic E-state index is 0.0284. The van der Waals surface area contributed by atoms with Gasteiger partial charge in [0.05, 0.1) is 16.6 Å². The van der Waals surface area contributed by atoms with E-state index in [1.165, 1.54) is 0 Å². The van der Waals surface area contributed by atoms with Gasteiger partial charge in [-0.05, 0) is 43.2 Å². The lowest BCUT2D eigenvalue weighted by molar-refractivity contribution is 0.950. The lowest BCUT2D eigenvalue weighted by atomic mass is 10.1. The highest BCUT2D eigenvalue weighted by Gasteiger charge is 2.07. The third kappa shape index (κ3) is 1.93. The molecule has 0 amide bonds. The zero-order valence-electron chi connectivity index (χ0n) is 10.9. The lowest BCUT2D eigenvalue weighted by Gasteiger charge is -2.10. The minimum atomic E-state index is -0.0284. The van der Waals surface area contributed by atoms with Crippen LogP contribution in [0.3, 0.4) is 0 Å². The number of hydrogen-bond donors (Lipinski definition) is 0. The molecule has 2 aromatic carbocycles. The molecule has 3 nitrogen and oxygen atoms in total. The molecule has 0 spiro atoms. The summed E-state index contributed by atoms with van der Waals surface area (Å²) in [5.41, 5.74) is 3.78. The lowest BCUT2D eigenvalue weighted by Crippen LogP contribution is -2.19. The summed E-state index contributed by atoms with van der Waals surface area (Å²) in [4.78, 5) is 16.9. The molecule has 0 radical (unpaired) electrons. The highest BCUT2D eigenvalue weighted by Crippen LogP contribution is 2.15. The van der Waals surface area contributed by atoms with Crippen molar-refractivity contribution in [2.75, 3.05) is 0 Å². The van der Waals surface area contributed by atoms with Crippen LogP contribution in [0, 0.1) is 13.8 Å². The van der Waals surface area contributed by atoms with Crippen molar-refractivity contribution in [1.82, 2.24) is 9.55 Å². The number of rotatable bonds is 1. The first-order valence-electron chi connectivity index (χ1n) is 6.21. The number of hydrogen-bond acceptors (Lipinski definition) is 2. The Hall–Kier alpha value is -2.42. The van der Waals surface area contributed by atoms with Crippen molar-refractivity contribution in [3.8, 4) is 5.69 Å². The smallest absolute Gasteiger partial charge is 0.265 e. The van der Waals surface area contributed by atoms with Gasteiger partial charge in [-0.3, -0.25) is 9.36 Å². The first-order valence-corrected chi connectivity index (χ1v) is 6.21. The summed E-state index contributed by atoms with van der Waals surface area (Å²) in [6.45, 7) is 4.01. The van der Waals surface area contributed by atoms with Crippen LogP contribution in [0.2, 0.25) is 0 Å². The molecule has 0 saturated carbocycles. The second kappa shape index (κ2) is 4.35. The Morgan fingerprint density at radius 1 is 1.05 bits per heavy atom. The molecule has 0 aliphatic carbocycles. The van der Waals surface area contributed by atoms with Gasteiger partial charge in [-0.15, -0.1) is 0 Å². The van der Waals surface area contributed by atoms with Gasteiger partial charge in [0.15, 0.2) is 0 Å². The number of aryl methyl sites for hydroxylation is 2. The maximum Gasteiger partial charge on any atom is 0.265 e. The monoisotopic (exact) mass is 250 g/mol. The molecule has 3 heteroatoms. The van der Waals surface area contributed by atoms with Gasteiger partial charge < -0.3 is 0 Å². The Balaban J connectivity index is 2.35. The SMILES string of the molecule is Cc1ccc(C)c(-n2cnc3ccccc3c2=O)c1. The van der Waals surface area contributed by atoms with E-state index in [9.17, 15) is 4.79 Å². The summed E-state index contributed by atoms with van der Waals surface area (Å²) >= 11 is 0. The Morgan fingerprint density at radius 2 is 1.84 bits per heavy atom. The number of fused-ring (bicyclic) bond motifs is 1. The fourth-order valence-corrected chi connectivity index (χ4v) is 2.22. The number of aromatic nitrogens is 2.